The maximum absolute atomic E-state index is 6.46. The smallest absolute Gasteiger partial charge is 0.0160 e. The third kappa shape index (κ3) is 1.63. The van der Waals surface area contributed by atoms with Gasteiger partial charge in [-0.05, 0) is 68.4 Å². The van der Waals surface area contributed by atoms with Crippen molar-refractivity contribution in [3.8, 4) is 0 Å². The topological polar surface area (TPSA) is 26.0 Å². The molecule has 1 atom stereocenters. The van der Waals surface area contributed by atoms with Crippen LogP contribution in [0.3, 0.4) is 0 Å². The Morgan fingerprint density at radius 2 is 1.94 bits per heavy atom. The molecule has 1 nitrogen and oxygen atoms in total. The van der Waals surface area contributed by atoms with Gasteiger partial charge in [0.05, 0.1) is 0 Å². The van der Waals surface area contributed by atoms with Crippen molar-refractivity contribution >= 4 is 0 Å². The highest BCUT2D eigenvalue weighted by molar-refractivity contribution is 5.37. The number of hydrogen-bond donors (Lipinski definition) is 1. The maximum atomic E-state index is 6.46. The number of hydrogen-bond acceptors (Lipinski definition) is 1. The van der Waals surface area contributed by atoms with Gasteiger partial charge in [-0.15, -0.1) is 0 Å². The summed E-state index contributed by atoms with van der Waals surface area (Å²) < 4.78 is 0. The first kappa shape index (κ1) is 11.3. The minimum absolute atomic E-state index is 0.0396. The van der Waals surface area contributed by atoms with Gasteiger partial charge in [0.25, 0.3) is 0 Å². The molecule has 1 aromatic rings. The zero-order valence-corrected chi connectivity index (χ0v) is 11.0. The van der Waals surface area contributed by atoms with E-state index in [2.05, 4.69) is 38.1 Å². The van der Waals surface area contributed by atoms with Crippen molar-refractivity contribution in [1.82, 2.24) is 0 Å². The van der Waals surface area contributed by atoms with Gasteiger partial charge in [0, 0.05) is 5.54 Å². The van der Waals surface area contributed by atoms with Crippen molar-refractivity contribution in [3.05, 3.63) is 35.4 Å². The Hall–Kier alpha value is -0.820. The third-order valence-electron chi connectivity index (χ3n) is 5.11. The lowest BCUT2D eigenvalue weighted by Gasteiger charge is -2.40. The fraction of sp³-hybridized carbons (Fsp3) is 0.625. The van der Waals surface area contributed by atoms with Gasteiger partial charge in [-0.3, -0.25) is 0 Å². The molecular weight excluding hydrogens is 206 g/mol. The normalized spacial score (nSPS) is 26.4. The van der Waals surface area contributed by atoms with Gasteiger partial charge in [0.15, 0.2) is 0 Å². The van der Waals surface area contributed by atoms with Crippen LogP contribution < -0.4 is 5.73 Å². The second-order valence-corrected chi connectivity index (χ2v) is 6.52. The van der Waals surface area contributed by atoms with Crippen LogP contribution in [0.1, 0.15) is 56.6 Å². The molecule has 1 saturated carbocycles. The molecule has 2 aliphatic carbocycles. The lowest BCUT2D eigenvalue weighted by atomic mass is 9.67. The van der Waals surface area contributed by atoms with Gasteiger partial charge in [0.1, 0.15) is 0 Å². The molecule has 1 fully saturated rings. The quantitative estimate of drug-likeness (QED) is 0.823. The molecule has 17 heavy (non-hydrogen) atoms. The first-order valence-electron chi connectivity index (χ1n) is 6.91. The Kier molecular flexibility index (Phi) is 2.38. The van der Waals surface area contributed by atoms with Gasteiger partial charge in [-0.25, -0.2) is 0 Å². The van der Waals surface area contributed by atoms with Crippen molar-refractivity contribution < 1.29 is 0 Å². The number of fused-ring (bicyclic) bond motifs is 1. The van der Waals surface area contributed by atoms with Gasteiger partial charge in [-0.2, -0.15) is 0 Å². The summed E-state index contributed by atoms with van der Waals surface area (Å²) in [4.78, 5) is 0. The summed E-state index contributed by atoms with van der Waals surface area (Å²) in [6.07, 6.45) is 6.55. The summed E-state index contributed by atoms with van der Waals surface area (Å²) in [5.41, 5.74) is 9.96. The molecule has 2 N–H and O–H groups in total. The van der Waals surface area contributed by atoms with E-state index >= 15 is 0 Å². The minimum Gasteiger partial charge on any atom is -0.325 e. The van der Waals surface area contributed by atoms with Gasteiger partial charge < -0.3 is 5.73 Å². The van der Waals surface area contributed by atoms with Gasteiger partial charge in [-0.1, -0.05) is 24.3 Å². The van der Waals surface area contributed by atoms with E-state index in [-0.39, 0.29) is 5.54 Å². The predicted octanol–water partition coefficient (Wildman–Crippen LogP) is 3.62. The van der Waals surface area contributed by atoms with Crippen LogP contribution in [-0.2, 0) is 6.42 Å². The molecule has 0 heterocycles. The Morgan fingerprint density at radius 3 is 2.59 bits per heavy atom. The molecule has 0 spiro atoms. The second kappa shape index (κ2) is 3.58. The van der Waals surface area contributed by atoms with E-state index in [1.807, 2.05) is 0 Å². The molecule has 1 unspecified atom stereocenters. The number of nitrogens with two attached hydrogens (primary N) is 1. The molecule has 0 aromatic heterocycles. The molecule has 0 radical (unpaired) electrons. The van der Waals surface area contributed by atoms with Crippen molar-refractivity contribution in [2.45, 2.75) is 57.4 Å². The van der Waals surface area contributed by atoms with Crippen molar-refractivity contribution in [1.29, 1.82) is 0 Å². The Labute approximate surface area is 104 Å². The lowest BCUT2D eigenvalue weighted by molar-refractivity contribution is 0.224. The Bertz CT molecular complexity index is 423. The summed E-state index contributed by atoms with van der Waals surface area (Å²) in [5.74, 6) is 0.701. The zero-order valence-electron chi connectivity index (χ0n) is 11.0. The Morgan fingerprint density at radius 1 is 1.24 bits per heavy atom. The van der Waals surface area contributed by atoms with Crippen molar-refractivity contribution in [2.75, 3.05) is 0 Å². The van der Waals surface area contributed by atoms with E-state index in [1.165, 1.54) is 32.1 Å². The Balaban J connectivity index is 2.02. The molecule has 0 bridgehead atoms. The number of rotatable bonds is 2. The van der Waals surface area contributed by atoms with Crippen molar-refractivity contribution in [3.63, 3.8) is 0 Å². The van der Waals surface area contributed by atoms with Crippen LogP contribution in [0.25, 0.3) is 0 Å². The summed E-state index contributed by atoms with van der Waals surface area (Å²) in [7, 11) is 0. The third-order valence-corrected chi connectivity index (χ3v) is 5.11. The van der Waals surface area contributed by atoms with E-state index in [0.717, 1.165) is 0 Å². The molecule has 0 saturated heterocycles. The largest absolute Gasteiger partial charge is 0.325 e. The van der Waals surface area contributed by atoms with Gasteiger partial charge in [0.2, 0.25) is 0 Å². The molecule has 1 aromatic carbocycles. The fourth-order valence-corrected chi connectivity index (χ4v) is 3.90. The standard InChI is InChI=1S/C16H23N/c1-15(2,17)16(10-11-16)14-9-5-7-12-6-3-4-8-13(12)14/h3-4,6,8,14H,5,7,9-11,17H2,1-2H3. The predicted molar refractivity (Wildman–Crippen MR) is 72.1 cm³/mol. The highest BCUT2D eigenvalue weighted by Gasteiger charge is 2.57. The molecule has 0 amide bonds. The summed E-state index contributed by atoms with van der Waals surface area (Å²) >= 11 is 0. The monoisotopic (exact) mass is 229 g/mol. The van der Waals surface area contributed by atoms with Crippen LogP contribution in [0.4, 0.5) is 0 Å². The highest BCUT2D eigenvalue weighted by atomic mass is 14.8. The number of benzene rings is 1. The first-order chi connectivity index (χ1) is 8.05. The second-order valence-electron chi connectivity index (χ2n) is 6.52. The molecule has 3 rings (SSSR count). The SMILES string of the molecule is CC(C)(N)C1(C2CCCc3ccccc32)CC1. The zero-order chi connectivity index (χ0) is 12.1. The fourth-order valence-electron chi connectivity index (χ4n) is 3.90. The van der Waals surface area contributed by atoms with Crippen LogP contribution >= 0.6 is 0 Å². The maximum Gasteiger partial charge on any atom is 0.0160 e. The summed E-state index contributed by atoms with van der Waals surface area (Å²) in [5, 5.41) is 0. The van der Waals surface area contributed by atoms with E-state index in [9.17, 15) is 0 Å². The average Bonchev–Trinajstić information content (AvgIpc) is 3.08. The van der Waals surface area contributed by atoms with E-state index in [1.54, 1.807) is 11.1 Å². The molecule has 92 valence electrons. The van der Waals surface area contributed by atoms with E-state index in [0.29, 0.717) is 11.3 Å². The molecule has 2 aliphatic rings. The molecule has 1 heteroatoms. The first-order valence-corrected chi connectivity index (χ1v) is 6.91. The van der Waals surface area contributed by atoms with Crippen LogP contribution in [0.5, 0.6) is 0 Å². The van der Waals surface area contributed by atoms with Crippen molar-refractivity contribution in [2.24, 2.45) is 11.1 Å². The lowest BCUT2D eigenvalue weighted by Crippen LogP contribution is -2.46. The average molecular weight is 229 g/mol. The summed E-state index contributed by atoms with van der Waals surface area (Å²) in [6.45, 7) is 4.44. The van der Waals surface area contributed by atoms with E-state index in [4.69, 9.17) is 5.73 Å². The van der Waals surface area contributed by atoms with E-state index < -0.39 is 0 Å². The van der Waals surface area contributed by atoms with Gasteiger partial charge >= 0.3 is 0 Å². The van der Waals surface area contributed by atoms with Crippen LogP contribution in [0.2, 0.25) is 0 Å². The number of aryl methyl sites for hydroxylation is 1. The molecule has 0 aliphatic heterocycles. The van der Waals surface area contributed by atoms with Crippen LogP contribution in [-0.4, -0.2) is 5.54 Å². The minimum atomic E-state index is -0.0396. The van der Waals surface area contributed by atoms with Crippen LogP contribution in [0.15, 0.2) is 24.3 Å². The van der Waals surface area contributed by atoms with Crippen LogP contribution in [0, 0.1) is 5.41 Å². The summed E-state index contributed by atoms with van der Waals surface area (Å²) in [6, 6.07) is 9.01. The molecular formula is C16H23N. The highest BCUT2D eigenvalue weighted by Crippen LogP contribution is 2.64.